The Labute approximate surface area is 124 Å². The van der Waals surface area contributed by atoms with Gasteiger partial charge in [0.2, 0.25) is 17.7 Å². The molecule has 21 heavy (non-hydrogen) atoms. The first-order valence-corrected chi connectivity index (χ1v) is 7.01. The van der Waals surface area contributed by atoms with Crippen molar-refractivity contribution in [3.05, 3.63) is 12.2 Å². The number of hydrogen-bond donors (Lipinski definition) is 2. The van der Waals surface area contributed by atoms with Gasteiger partial charge in [0.25, 0.3) is 0 Å². The van der Waals surface area contributed by atoms with E-state index < -0.39 is 18.1 Å². The van der Waals surface area contributed by atoms with E-state index in [1.54, 1.807) is 20.2 Å². The maximum Gasteiger partial charge on any atom is 0.249 e. The predicted octanol–water partition coefficient (Wildman–Crippen LogP) is -0.440. The van der Waals surface area contributed by atoms with Crippen molar-refractivity contribution in [2.75, 3.05) is 20.7 Å². The fourth-order valence-electron chi connectivity index (χ4n) is 1.93. The van der Waals surface area contributed by atoms with Gasteiger partial charge in [-0.25, -0.2) is 0 Å². The molecule has 0 bridgehead atoms. The van der Waals surface area contributed by atoms with Gasteiger partial charge in [-0.2, -0.15) is 0 Å². The van der Waals surface area contributed by atoms with Crippen LogP contribution in [0.25, 0.3) is 0 Å². The highest BCUT2D eigenvalue weighted by Gasteiger charge is 2.27. The first-order valence-electron chi connectivity index (χ1n) is 7.01. The molecular formula is C14H23N3O4. The number of carbonyl (C=O) groups is 3. The molecule has 0 aliphatic carbocycles. The number of nitrogens with zero attached hydrogens (tertiary/aromatic N) is 1. The van der Waals surface area contributed by atoms with Crippen molar-refractivity contribution in [3.8, 4) is 0 Å². The molecule has 0 aromatic heterocycles. The maximum absolute atomic E-state index is 11.9. The van der Waals surface area contributed by atoms with Crippen molar-refractivity contribution in [1.29, 1.82) is 0 Å². The molecule has 7 nitrogen and oxygen atoms in total. The summed E-state index contributed by atoms with van der Waals surface area (Å²) in [7, 11) is 3.31. The molecule has 1 saturated heterocycles. The fraction of sp³-hybridized carbons (Fsp3) is 0.643. The van der Waals surface area contributed by atoms with E-state index in [4.69, 9.17) is 10.5 Å². The molecular weight excluding hydrogens is 274 g/mol. The van der Waals surface area contributed by atoms with Crippen LogP contribution in [-0.2, 0) is 19.1 Å². The van der Waals surface area contributed by atoms with Gasteiger partial charge in [0, 0.05) is 20.7 Å². The quantitative estimate of drug-likeness (QED) is 0.622. The second-order valence-electron chi connectivity index (χ2n) is 5.18. The second kappa shape index (κ2) is 8.41. The molecule has 1 aliphatic rings. The Hall–Kier alpha value is -1.89. The summed E-state index contributed by atoms with van der Waals surface area (Å²) in [5.41, 5.74) is 5.28. The third-order valence-corrected chi connectivity index (χ3v) is 3.21. The number of rotatable bonds is 7. The van der Waals surface area contributed by atoms with E-state index >= 15 is 0 Å². The number of ether oxygens (including phenoxy) is 1. The first-order chi connectivity index (χ1) is 9.91. The zero-order chi connectivity index (χ0) is 15.8. The van der Waals surface area contributed by atoms with E-state index in [0.29, 0.717) is 25.9 Å². The molecule has 1 heterocycles. The standard InChI is InChI=1S/C14H23N3O4/c1-17(2)12(18)8-4-3-6-10(13(15)19)16-14(20)11-7-5-9-21-11/h4,8,10-11H,3,5-7,9H2,1-2H3,(H2,15,19)(H,16,20). The van der Waals surface area contributed by atoms with Crippen LogP contribution in [-0.4, -0.2) is 55.5 Å². The van der Waals surface area contributed by atoms with Gasteiger partial charge in [0.15, 0.2) is 0 Å². The highest BCUT2D eigenvalue weighted by molar-refractivity contribution is 5.89. The number of likely N-dealkylation sites (N-methyl/N-ethyl adjacent to an activating group) is 1. The Morgan fingerprint density at radius 3 is 2.67 bits per heavy atom. The predicted molar refractivity (Wildman–Crippen MR) is 77.2 cm³/mol. The van der Waals surface area contributed by atoms with Gasteiger partial charge >= 0.3 is 0 Å². The highest BCUT2D eigenvalue weighted by Crippen LogP contribution is 2.12. The summed E-state index contributed by atoms with van der Waals surface area (Å²) in [6, 6.07) is -0.749. The number of nitrogens with two attached hydrogens (primary N) is 1. The summed E-state index contributed by atoms with van der Waals surface area (Å²) in [5, 5.41) is 2.60. The number of allylic oxidation sites excluding steroid dienone is 1. The largest absolute Gasteiger partial charge is 0.368 e. The summed E-state index contributed by atoms with van der Waals surface area (Å²) in [6.07, 6.45) is 4.93. The molecule has 0 radical (unpaired) electrons. The van der Waals surface area contributed by atoms with Gasteiger partial charge in [-0.05, 0) is 31.8 Å². The Bertz CT molecular complexity index is 414. The van der Waals surface area contributed by atoms with Crippen molar-refractivity contribution in [3.63, 3.8) is 0 Å². The molecule has 118 valence electrons. The van der Waals surface area contributed by atoms with Crippen molar-refractivity contribution in [2.45, 2.75) is 37.8 Å². The molecule has 2 unspecified atom stereocenters. The van der Waals surface area contributed by atoms with E-state index in [-0.39, 0.29) is 11.8 Å². The summed E-state index contributed by atoms with van der Waals surface area (Å²) >= 11 is 0. The van der Waals surface area contributed by atoms with E-state index in [2.05, 4.69) is 5.32 Å². The molecule has 3 N–H and O–H groups in total. The van der Waals surface area contributed by atoms with Gasteiger partial charge in [-0.1, -0.05) is 6.08 Å². The summed E-state index contributed by atoms with van der Waals surface area (Å²) in [5.74, 6) is -1.02. The number of carbonyl (C=O) groups excluding carboxylic acids is 3. The van der Waals surface area contributed by atoms with Gasteiger partial charge in [-0.15, -0.1) is 0 Å². The second-order valence-corrected chi connectivity index (χ2v) is 5.18. The number of nitrogens with one attached hydrogen (secondary N) is 1. The molecule has 7 heteroatoms. The van der Waals surface area contributed by atoms with Crippen molar-refractivity contribution >= 4 is 17.7 Å². The molecule has 3 amide bonds. The highest BCUT2D eigenvalue weighted by atomic mass is 16.5. The van der Waals surface area contributed by atoms with Crippen molar-refractivity contribution in [2.24, 2.45) is 5.73 Å². The summed E-state index contributed by atoms with van der Waals surface area (Å²) < 4.78 is 5.25. The zero-order valence-corrected chi connectivity index (χ0v) is 12.5. The van der Waals surface area contributed by atoms with Crippen LogP contribution in [0.2, 0.25) is 0 Å². The van der Waals surface area contributed by atoms with Crippen LogP contribution in [0.15, 0.2) is 12.2 Å². The normalized spacial score (nSPS) is 19.4. The third kappa shape index (κ3) is 5.95. The molecule has 0 aromatic rings. The molecule has 2 atom stereocenters. The lowest BCUT2D eigenvalue weighted by Crippen LogP contribution is -2.47. The molecule has 0 saturated carbocycles. The third-order valence-electron chi connectivity index (χ3n) is 3.21. The maximum atomic E-state index is 11.9. The minimum absolute atomic E-state index is 0.131. The Balaban J connectivity index is 2.41. The van der Waals surface area contributed by atoms with Crippen LogP contribution in [0.4, 0.5) is 0 Å². The van der Waals surface area contributed by atoms with E-state index in [0.717, 1.165) is 6.42 Å². The summed E-state index contributed by atoms with van der Waals surface area (Å²) in [4.78, 5) is 36.0. The zero-order valence-electron chi connectivity index (χ0n) is 12.5. The Kier molecular flexibility index (Phi) is 6.87. The lowest BCUT2D eigenvalue weighted by molar-refractivity contribution is -0.133. The topological polar surface area (TPSA) is 102 Å². The smallest absolute Gasteiger partial charge is 0.249 e. The molecule has 1 aliphatic heterocycles. The van der Waals surface area contributed by atoms with Crippen molar-refractivity contribution < 1.29 is 19.1 Å². The first kappa shape index (κ1) is 17.2. The number of hydrogen-bond acceptors (Lipinski definition) is 4. The number of amides is 3. The van der Waals surface area contributed by atoms with Crippen LogP contribution in [0.5, 0.6) is 0 Å². The number of primary amides is 1. The van der Waals surface area contributed by atoms with E-state index in [1.807, 2.05) is 0 Å². The monoisotopic (exact) mass is 297 g/mol. The van der Waals surface area contributed by atoms with Crippen molar-refractivity contribution in [1.82, 2.24) is 10.2 Å². The summed E-state index contributed by atoms with van der Waals surface area (Å²) in [6.45, 7) is 0.564. The minimum Gasteiger partial charge on any atom is -0.368 e. The van der Waals surface area contributed by atoms with Crippen LogP contribution in [0.3, 0.4) is 0 Å². The molecule has 1 rings (SSSR count). The van der Waals surface area contributed by atoms with Gasteiger partial charge in [0.05, 0.1) is 0 Å². The van der Waals surface area contributed by atoms with Crippen LogP contribution < -0.4 is 11.1 Å². The van der Waals surface area contributed by atoms with E-state index in [1.165, 1.54) is 11.0 Å². The van der Waals surface area contributed by atoms with Gasteiger partial charge < -0.3 is 20.7 Å². The average molecular weight is 297 g/mol. The van der Waals surface area contributed by atoms with Gasteiger partial charge in [-0.3, -0.25) is 14.4 Å². The molecule has 0 spiro atoms. The van der Waals surface area contributed by atoms with Crippen LogP contribution >= 0.6 is 0 Å². The van der Waals surface area contributed by atoms with E-state index in [9.17, 15) is 14.4 Å². The fourth-order valence-corrected chi connectivity index (χ4v) is 1.93. The lowest BCUT2D eigenvalue weighted by Gasteiger charge is -2.17. The van der Waals surface area contributed by atoms with Gasteiger partial charge in [0.1, 0.15) is 12.1 Å². The average Bonchev–Trinajstić information content (AvgIpc) is 2.95. The SMILES string of the molecule is CN(C)C(=O)C=CCCC(NC(=O)C1CCCO1)C(N)=O. The van der Waals surface area contributed by atoms with Crippen LogP contribution in [0, 0.1) is 0 Å². The Morgan fingerprint density at radius 1 is 1.43 bits per heavy atom. The lowest BCUT2D eigenvalue weighted by atomic mass is 10.1. The minimum atomic E-state index is -0.749. The van der Waals surface area contributed by atoms with Crippen LogP contribution in [0.1, 0.15) is 25.7 Å². The molecule has 1 fully saturated rings. The molecule has 0 aromatic carbocycles. The Morgan fingerprint density at radius 2 is 2.14 bits per heavy atom.